The molecule has 0 atom stereocenters. The van der Waals surface area contributed by atoms with Gasteiger partial charge in [-0.2, -0.15) is 0 Å². The molecule has 0 heterocycles. The van der Waals surface area contributed by atoms with Gasteiger partial charge < -0.3 is 15.8 Å². The van der Waals surface area contributed by atoms with E-state index in [0.717, 1.165) is 5.56 Å². The van der Waals surface area contributed by atoms with Crippen LogP contribution < -0.4 is 15.8 Å². The van der Waals surface area contributed by atoms with Gasteiger partial charge >= 0.3 is 0 Å². The molecule has 2 aromatic carbocycles. The number of benzene rings is 2. The molecule has 5 nitrogen and oxygen atoms in total. The number of aryl methyl sites for hydroxylation is 1. The first-order valence-corrected chi connectivity index (χ1v) is 6.37. The van der Waals surface area contributed by atoms with Crippen LogP contribution in [0.5, 0.6) is 5.75 Å². The van der Waals surface area contributed by atoms with Crippen molar-refractivity contribution in [2.45, 2.75) is 6.92 Å². The molecule has 21 heavy (non-hydrogen) atoms. The van der Waals surface area contributed by atoms with Crippen molar-refractivity contribution in [2.75, 3.05) is 12.4 Å². The number of para-hydroxylation sites is 1. The molecule has 0 spiro atoms. The van der Waals surface area contributed by atoms with Crippen LogP contribution in [0.4, 0.5) is 5.69 Å². The van der Waals surface area contributed by atoms with Crippen LogP contribution in [-0.4, -0.2) is 18.9 Å². The molecule has 0 saturated carbocycles. The summed E-state index contributed by atoms with van der Waals surface area (Å²) in [6.45, 7) is 1.84. The lowest BCUT2D eigenvalue weighted by Crippen LogP contribution is -2.16. The summed E-state index contributed by atoms with van der Waals surface area (Å²) in [5, 5.41) is 2.77. The molecule has 108 valence electrons. The molecule has 2 amide bonds. The highest BCUT2D eigenvalue weighted by molar-refractivity contribution is 6.07. The first-order chi connectivity index (χ1) is 10.0. The SMILES string of the molecule is COc1ccccc1C(=O)Nc1cc(C(N)=O)ccc1C. The van der Waals surface area contributed by atoms with Crippen molar-refractivity contribution >= 4 is 17.5 Å². The number of nitrogens with one attached hydrogen (secondary N) is 1. The Morgan fingerprint density at radius 3 is 2.52 bits per heavy atom. The first-order valence-electron chi connectivity index (χ1n) is 6.37. The van der Waals surface area contributed by atoms with Gasteiger partial charge in [-0.1, -0.05) is 18.2 Å². The minimum Gasteiger partial charge on any atom is -0.496 e. The number of anilines is 1. The predicted molar refractivity (Wildman–Crippen MR) is 80.6 cm³/mol. The van der Waals surface area contributed by atoms with Crippen LogP contribution in [0.3, 0.4) is 0 Å². The molecule has 0 unspecified atom stereocenters. The summed E-state index contributed by atoms with van der Waals surface area (Å²) in [5.41, 5.74) is 7.39. The predicted octanol–water partition coefficient (Wildman–Crippen LogP) is 2.35. The summed E-state index contributed by atoms with van der Waals surface area (Å²) < 4.78 is 5.16. The second-order valence-corrected chi connectivity index (χ2v) is 4.55. The van der Waals surface area contributed by atoms with Gasteiger partial charge in [0.1, 0.15) is 5.75 Å². The van der Waals surface area contributed by atoms with E-state index in [-0.39, 0.29) is 5.91 Å². The van der Waals surface area contributed by atoms with Crippen LogP contribution >= 0.6 is 0 Å². The standard InChI is InChI=1S/C16H16N2O3/c1-10-7-8-11(15(17)19)9-13(10)18-16(20)12-5-3-4-6-14(12)21-2/h3-9H,1-2H3,(H2,17,19)(H,18,20). The van der Waals surface area contributed by atoms with Crippen LogP contribution in [0.25, 0.3) is 0 Å². The molecule has 0 bridgehead atoms. The van der Waals surface area contributed by atoms with Crippen LogP contribution in [0.1, 0.15) is 26.3 Å². The third-order valence-electron chi connectivity index (χ3n) is 3.12. The number of primary amides is 1. The molecule has 0 aliphatic rings. The number of ether oxygens (including phenoxy) is 1. The van der Waals surface area contributed by atoms with E-state index < -0.39 is 5.91 Å². The normalized spacial score (nSPS) is 10.0. The van der Waals surface area contributed by atoms with E-state index in [1.165, 1.54) is 7.11 Å². The molecular formula is C16H16N2O3. The van der Waals surface area contributed by atoms with Crippen molar-refractivity contribution in [1.82, 2.24) is 0 Å². The number of methoxy groups -OCH3 is 1. The van der Waals surface area contributed by atoms with Gasteiger partial charge in [-0.25, -0.2) is 0 Å². The van der Waals surface area contributed by atoms with Crippen molar-refractivity contribution in [3.05, 3.63) is 59.2 Å². The van der Waals surface area contributed by atoms with Gasteiger partial charge in [-0.3, -0.25) is 9.59 Å². The van der Waals surface area contributed by atoms with Crippen LogP contribution in [0.15, 0.2) is 42.5 Å². The Morgan fingerprint density at radius 2 is 1.86 bits per heavy atom. The minimum atomic E-state index is -0.539. The van der Waals surface area contributed by atoms with Crippen molar-refractivity contribution in [2.24, 2.45) is 5.73 Å². The Bertz CT molecular complexity index is 696. The van der Waals surface area contributed by atoms with Gasteiger partial charge in [0.2, 0.25) is 5.91 Å². The highest BCUT2D eigenvalue weighted by Crippen LogP contribution is 2.21. The van der Waals surface area contributed by atoms with Crippen LogP contribution in [0.2, 0.25) is 0 Å². The number of hydrogen-bond acceptors (Lipinski definition) is 3. The molecule has 5 heteroatoms. The maximum atomic E-state index is 12.3. The van der Waals surface area contributed by atoms with Crippen molar-refractivity contribution in [3.8, 4) is 5.75 Å². The average Bonchev–Trinajstić information content (AvgIpc) is 2.49. The molecule has 0 aliphatic heterocycles. The zero-order chi connectivity index (χ0) is 15.4. The second-order valence-electron chi connectivity index (χ2n) is 4.55. The van der Waals surface area contributed by atoms with E-state index in [0.29, 0.717) is 22.6 Å². The van der Waals surface area contributed by atoms with Gasteiger partial charge in [-0.05, 0) is 36.8 Å². The summed E-state index contributed by atoms with van der Waals surface area (Å²) in [5.74, 6) is -0.362. The zero-order valence-corrected chi connectivity index (χ0v) is 11.8. The lowest BCUT2D eigenvalue weighted by atomic mass is 10.1. The molecule has 2 aromatic rings. The zero-order valence-electron chi connectivity index (χ0n) is 11.8. The number of amides is 2. The van der Waals surface area contributed by atoms with E-state index >= 15 is 0 Å². The average molecular weight is 284 g/mol. The van der Waals surface area contributed by atoms with Gasteiger partial charge in [0.05, 0.1) is 12.7 Å². The lowest BCUT2D eigenvalue weighted by Gasteiger charge is -2.11. The van der Waals surface area contributed by atoms with Crippen LogP contribution in [0, 0.1) is 6.92 Å². The molecule has 2 rings (SSSR count). The number of carbonyl (C=O) groups is 2. The third-order valence-corrected chi connectivity index (χ3v) is 3.12. The largest absolute Gasteiger partial charge is 0.496 e. The van der Waals surface area contributed by atoms with Gasteiger partial charge in [0.25, 0.3) is 5.91 Å². The summed E-state index contributed by atoms with van der Waals surface area (Å²) in [4.78, 5) is 23.5. The van der Waals surface area contributed by atoms with E-state index in [1.54, 1.807) is 42.5 Å². The lowest BCUT2D eigenvalue weighted by molar-refractivity contribution is 0.0995. The summed E-state index contributed by atoms with van der Waals surface area (Å²) in [6.07, 6.45) is 0. The van der Waals surface area contributed by atoms with E-state index in [2.05, 4.69) is 5.32 Å². The van der Waals surface area contributed by atoms with E-state index in [9.17, 15) is 9.59 Å². The minimum absolute atomic E-state index is 0.308. The van der Waals surface area contributed by atoms with Crippen LogP contribution in [-0.2, 0) is 0 Å². The fraction of sp³-hybridized carbons (Fsp3) is 0.125. The highest BCUT2D eigenvalue weighted by atomic mass is 16.5. The van der Waals surface area contributed by atoms with Gasteiger partial charge in [0, 0.05) is 11.3 Å². The third kappa shape index (κ3) is 3.20. The number of hydrogen-bond donors (Lipinski definition) is 2. The molecule has 3 N–H and O–H groups in total. The Balaban J connectivity index is 2.31. The van der Waals surface area contributed by atoms with Gasteiger partial charge in [0.15, 0.2) is 0 Å². The number of nitrogens with two attached hydrogens (primary N) is 1. The Labute approximate surface area is 122 Å². The summed E-state index contributed by atoms with van der Waals surface area (Å²) in [7, 11) is 1.51. The highest BCUT2D eigenvalue weighted by Gasteiger charge is 2.13. The summed E-state index contributed by atoms with van der Waals surface area (Å²) in [6, 6.07) is 11.8. The first kappa shape index (κ1) is 14.6. The van der Waals surface area contributed by atoms with E-state index in [1.807, 2.05) is 6.92 Å². The Hall–Kier alpha value is -2.82. The maximum absolute atomic E-state index is 12.3. The maximum Gasteiger partial charge on any atom is 0.259 e. The van der Waals surface area contributed by atoms with Crippen molar-refractivity contribution in [1.29, 1.82) is 0 Å². The monoisotopic (exact) mass is 284 g/mol. The van der Waals surface area contributed by atoms with Crippen molar-refractivity contribution < 1.29 is 14.3 Å². The second kappa shape index (κ2) is 6.09. The molecule has 0 saturated heterocycles. The Kier molecular flexibility index (Phi) is 4.23. The molecule has 0 aliphatic carbocycles. The molecule has 0 fully saturated rings. The number of carbonyl (C=O) groups excluding carboxylic acids is 2. The Morgan fingerprint density at radius 1 is 1.14 bits per heavy atom. The smallest absolute Gasteiger partial charge is 0.259 e. The van der Waals surface area contributed by atoms with Gasteiger partial charge in [-0.15, -0.1) is 0 Å². The van der Waals surface area contributed by atoms with Crippen molar-refractivity contribution in [3.63, 3.8) is 0 Å². The topological polar surface area (TPSA) is 81.4 Å². The van der Waals surface area contributed by atoms with E-state index in [4.69, 9.17) is 10.5 Å². The molecule has 0 radical (unpaired) electrons. The quantitative estimate of drug-likeness (QED) is 0.904. The fourth-order valence-corrected chi connectivity index (χ4v) is 1.93. The summed E-state index contributed by atoms with van der Waals surface area (Å²) >= 11 is 0. The number of rotatable bonds is 4. The fourth-order valence-electron chi connectivity index (χ4n) is 1.93. The molecule has 0 aromatic heterocycles. The molecular weight excluding hydrogens is 268 g/mol.